The van der Waals surface area contributed by atoms with Crippen LogP contribution >= 0.6 is 11.3 Å². The number of carbonyl (C=O) groups excluding carboxylic acids is 1. The first-order chi connectivity index (χ1) is 14.5. The van der Waals surface area contributed by atoms with Crippen LogP contribution in [0.25, 0.3) is 0 Å². The van der Waals surface area contributed by atoms with Crippen LogP contribution < -0.4 is 9.62 Å². The number of aryl methyl sites for hydroxylation is 2. The molecule has 8 heteroatoms. The van der Waals surface area contributed by atoms with Crippen molar-refractivity contribution in [3.8, 4) is 0 Å². The normalized spacial score (nSPS) is 13.5. The molecule has 0 aliphatic heterocycles. The molecule has 0 unspecified atom stereocenters. The first kappa shape index (κ1) is 20.6. The van der Waals surface area contributed by atoms with Crippen LogP contribution in [0.1, 0.15) is 40.7 Å². The lowest BCUT2D eigenvalue weighted by molar-refractivity contribution is 0.102. The summed E-state index contributed by atoms with van der Waals surface area (Å²) in [6.45, 7) is 2.07. The fourth-order valence-electron chi connectivity index (χ4n) is 3.59. The highest BCUT2D eigenvalue weighted by molar-refractivity contribution is 7.92. The Morgan fingerprint density at radius 1 is 1.10 bits per heavy atom. The number of thiazole rings is 1. The summed E-state index contributed by atoms with van der Waals surface area (Å²) in [4.78, 5) is 18.6. The summed E-state index contributed by atoms with van der Waals surface area (Å²) in [5.74, 6) is -0.360. The second-order valence-corrected chi connectivity index (χ2v) is 10.0. The molecule has 1 aliphatic carbocycles. The summed E-state index contributed by atoms with van der Waals surface area (Å²) in [5.41, 5.74) is 1.94. The molecule has 0 radical (unpaired) electrons. The number of para-hydroxylation sites is 1. The number of benzene rings is 2. The SMILES string of the molecule is CCN(c1ccccc1)S(=O)(=O)c1cccc(C(=O)Nc2nc3c(s2)CCCC3)c1. The molecule has 0 saturated carbocycles. The molecule has 0 spiro atoms. The number of aromatic nitrogens is 1. The third-order valence-corrected chi connectivity index (χ3v) is 8.05. The van der Waals surface area contributed by atoms with Gasteiger partial charge in [0.1, 0.15) is 0 Å². The molecular formula is C22H23N3O3S2. The van der Waals surface area contributed by atoms with E-state index < -0.39 is 10.0 Å². The molecule has 0 atom stereocenters. The first-order valence-electron chi connectivity index (χ1n) is 9.97. The van der Waals surface area contributed by atoms with Crippen molar-refractivity contribution in [3.63, 3.8) is 0 Å². The van der Waals surface area contributed by atoms with Crippen molar-refractivity contribution in [2.24, 2.45) is 0 Å². The molecule has 1 heterocycles. The van der Waals surface area contributed by atoms with Crippen molar-refractivity contribution < 1.29 is 13.2 Å². The highest BCUT2D eigenvalue weighted by Gasteiger charge is 2.25. The van der Waals surface area contributed by atoms with Gasteiger partial charge in [0.05, 0.1) is 16.3 Å². The van der Waals surface area contributed by atoms with Gasteiger partial charge in [0.2, 0.25) is 0 Å². The Bertz CT molecular complexity index is 1130. The highest BCUT2D eigenvalue weighted by Crippen LogP contribution is 2.30. The minimum Gasteiger partial charge on any atom is -0.298 e. The van der Waals surface area contributed by atoms with Crippen molar-refractivity contribution >= 4 is 38.1 Å². The van der Waals surface area contributed by atoms with Gasteiger partial charge in [0.15, 0.2) is 5.13 Å². The van der Waals surface area contributed by atoms with E-state index in [4.69, 9.17) is 0 Å². The van der Waals surface area contributed by atoms with E-state index in [1.165, 1.54) is 32.7 Å². The fourth-order valence-corrected chi connectivity index (χ4v) is 6.15. The van der Waals surface area contributed by atoms with Gasteiger partial charge in [-0.2, -0.15) is 0 Å². The number of amides is 1. The number of sulfonamides is 1. The molecule has 0 saturated heterocycles. The summed E-state index contributed by atoms with van der Waals surface area (Å²) in [6.07, 6.45) is 4.22. The second kappa shape index (κ2) is 8.57. The van der Waals surface area contributed by atoms with Gasteiger partial charge in [0, 0.05) is 17.0 Å². The zero-order valence-corrected chi connectivity index (χ0v) is 18.3. The molecule has 0 fully saturated rings. The Morgan fingerprint density at radius 2 is 1.87 bits per heavy atom. The standard InChI is InChI=1S/C22H23N3O3S2/c1-2-25(17-10-4-3-5-11-17)30(27,28)18-12-8-9-16(15-18)21(26)24-22-23-19-13-6-7-14-20(19)29-22/h3-5,8-12,15H,2,6-7,13-14H2,1H3,(H,23,24,26). The molecule has 1 aromatic heterocycles. The topological polar surface area (TPSA) is 79.4 Å². The van der Waals surface area contributed by atoms with E-state index >= 15 is 0 Å². The molecule has 4 rings (SSSR count). The predicted molar refractivity (Wildman–Crippen MR) is 120 cm³/mol. The molecule has 0 bridgehead atoms. The smallest absolute Gasteiger partial charge is 0.264 e. The highest BCUT2D eigenvalue weighted by atomic mass is 32.2. The zero-order valence-electron chi connectivity index (χ0n) is 16.7. The van der Waals surface area contributed by atoms with E-state index in [9.17, 15) is 13.2 Å². The number of nitrogens with zero attached hydrogens (tertiary/aromatic N) is 2. The Balaban J connectivity index is 1.58. The first-order valence-corrected chi connectivity index (χ1v) is 12.2. The van der Waals surface area contributed by atoms with Crippen molar-refractivity contribution in [2.45, 2.75) is 37.5 Å². The maximum Gasteiger partial charge on any atom is 0.264 e. The molecule has 1 amide bonds. The van der Waals surface area contributed by atoms with Crippen LogP contribution in [0.15, 0.2) is 59.5 Å². The van der Waals surface area contributed by atoms with Crippen LogP contribution in [0.3, 0.4) is 0 Å². The molecule has 1 aliphatic rings. The third-order valence-electron chi connectivity index (χ3n) is 5.08. The predicted octanol–water partition coefficient (Wildman–Crippen LogP) is 4.49. The number of fused-ring (bicyclic) bond motifs is 1. The van der Waals surface area contributed by atoms with Crippen LogP contribution in [-0.4, -0.2) is 25.9 Å². The van der Waals surface area contributed by atoms with Gasteiger partial charge in [-0.3, -0.25) is 14.4 Å². The van der Waals surface area contributed by atoms with Gasteiger partial charge < -0.3 is 0 Å². The van der Waals surface area contributed by atoms with Crippen LogP contribution in [-0.2, 0) is 22.9 Å². The van der Waals surface area contributed by atoms with Gasteiger partial charge in [-0.05, 0) is 62.9 Å². The zero-order chi connectivity index (χ0) is 21.1. The minimum absolute atomic E-state index is 0.0827. The maximum atomic E-state index is 13.2. The number of anilines is 2. The number of hydrogen-bond donors (Lipinski definition) is 1. The lowest BCUT2D eigenvalue weighted by Gasteiger charge is -2.23. The van der Waals surface area contributed by atoms with Gasteiger partial charge >= 0.3 is 0 Å². The minimum atomic E-state index is -3.79. The lowest BCUT2D eigenvalue weighted by atomic mass is 10.0. The van der Waals surface area contributed by atoms with E-state index in [2.05, 4.69) is 10.3 Å². The van der Waals surface area contributed by atoms with Gasteiger partial charge in [-0.25, -0.2) is 13.4 Å². The van der Waals surface area contributed by atoms with Crippen LogP contribution in [0.4, 0.5) is 10.8 Å². The Kier molecular flexibility index (Phi) is 5.87. The number of rotatable bonds is 6. The number of hydrogen-bond acceptors (Lipinski definition) is 5. The maximum absolute atomic E-state index is 13.2. The third kappa shape index (κ3) is 4.11. The Hall–Kier alpha value is -2.71. The molecule has 3 aromatic rings. The van der Waals surface area contributed by atoms with Crippen molar-refractivity contribution in [2.75, 3.05) is 16.2 Å². The van der Waals surface area contributed by atoms with Gasteiger partial charge in [-0.15, -0.1) is 11.3 Å². The average molecular weight is 442 g/mol. The monoisotopic (exact) mass is 441 g/mol. The average Bonchev–Trinajstić information content (AvgIpc) is 3.17. The number of carbonyl (C=O) groups is 1. The van der Waals surface area contributed by atoms with Gasteiger partial charge in [-0.1, -0.05) is 24.3 Å². The number of nitrogens with one attached hydrogen (secondary N) is 1. The van der Waals surface area contributed by atoms with E-state index in [-0.39, 0.29) is 22.9 Å². The quantitative estimate of drug-likeness (QED) is 0.611. The lowest BCUT2D eigenvalue weighted by Crippen LogP contribution is -2.30. The van der Waals surface area contributed by atoms with Gasteiger partial charge in [0.25, 0.3) is 15.9 Å². The summed E-state index contributed by atoms with van der Waals surface area (Å²) < 4.78 is 27.8. The molecule has 156 valence electrons. The second-order valence-electron chi connectivity index (χ2n) is 7.08. The molecule has 30 heavy (non-hydrogen) atoms. The molecular weight excluding hydrogens is 418 g/mol. The summed E-state index contributed by atoms with van der Waals surface area (Å²) >= 11 is 1.50. The Labute approximate surface area is 180 Å². The molecule has 6 nitrogen and oxygen atoms in total. The van der Waals surface area contributed by atoms with Crippen LogP contribution in [0.2, 0.25) is 0 Å². The summed E-state index contributed by atoms with van der Waals surface area (Å²) in [6, 6.07) is 15.1. The van der Waals surface area contributed by atoms with E-state index in [1.807, 2.05) is 6.07 Å². The summed E-state index contributed by atoms with van der Waals surface area (Å²) in [7, 11) is -3.79. The molecule has 1 N–H and O–H groups in total. The van der Waals surface area contributed by atoms with Crippen LogP contribution in [0.5, 0.6) is 0 Å². The van der Waals surface area contributed by atoms with Crippen molar-refractivity contribution in [3.05, 3.63) is 70.7 Å². The Morgan fingerprint density at radius 3 is 2.60 bits per heavy atom. The van der Waals surface area contributed by atoms with E-state index in [0.717, 1.165) is 31.4 Å². The summed E-state index contributed by atoms with van der Waals surface area (Å²) in [5, 5.41) is 3.40. The van der Waals surface area contributed by atoms with Crippen molar-refractivity contribution in [1.29, 1.82) is 0 Å². The largest absolute Gasteiger partial charge is 0.298 e. The van der Waals surface area contributed by atoms with Crippen molar-refractivity contribution in [1.82, 2.24) is 4.98 Å². The van der Waals surface area contributed by atoms with E-state index in [0.29, 0.717) is 10.8 Å². The van der Waals surface area contributed by atoms with E-state index in [1.54, 1.807) is 43.3 Å². The fraction of sp³-hybridized carbons (Fsp3) is 0.273. The van der Waals surface area contributed by atoms with Crippen LogP contribution in [0, 0.1) is 0 Å². The molecule has 2 aromatic carbocycles.